The lowest BCUT2D eigenvalue weighted by molar-refractivity contribution is 0.339. The fraction of sp³-hybridized carbons (Fsp3) is 0.706. The first-order valence-corrected chi connectivity index (χ1v) is 8.04. The second kappa shape index (κ2) is 7.07. The van der Waals surface area contributed by atoms with E-state index in [-0.39, 0.29) is 0 Å². The van der Waals surface area contributed by atoms with Gasteiger partial charge in [0.1, 0.15) is 5.82 Å². The summed E-state index contributed by atoms with van der Waals surface area (Å²) in [5, 5.41) is 3.50. The van der Waals surface area contributed by atoms with Crippen molar-refractivity contribution in [1.82, 2.24) is 10.3 Å². The summed E-state index contributed by atoms with van der Waals surface area (Å²) in [4.78, 5) is 7.07. The van der Waals surface area contributed by atoms with E-state index in [0.717, 1.165) is 18.3 Å². The predicted molar refractivity (Wildman–Crippen MR) is 86.2 cm³/mol. The van der Waals surface area contributed by atoms with Crippen molar-refractivity contribution in [2.45, 2.75) is 58.5 Å². The fourth-order valence-electron chi connectivity index (χ4n) is 3.26. The van der Waals surface area contributed by atoms with Gasteiger partial charge in [0.05, 0.1) is 0 Å². The van der Waals surface area contributed by atoms with Crippen molar-refractivity contribution in [3.63, 3.8) is 0 Å². The van der Waals surface area contributed by atoms with Crippen molar-refractivity contribution < 1.29 is 0 Å². The Bertz CT molecular complexity index is 410. The maximum absolute atomic E-state index is 4.66. The third-order valence-corrected chi connectivity index (χ3v) is 4.66. The van der Waals surface area contributed by atoms with Gasteiger partial charge in [-0.05, 0) is 51.1 Å². The van der Waals surface area contributed by atoms with Gasteiger partial charge in [-0.25, -0.2) is 4.98 Å². The Balaban J connectivity index is 2.14. The van der Waals surface area contributed by atoms with Crippen LogP contribution >= 0.6 is 0 Å². The Hall–Kier alpha value is -1.09. The molecule has 3 heteroatoms. The number of anilines is 1. The van der Waals surface area contributed by atoms with E-state index >= 15 is 0 Å². The van der Waals surface area contributed by atoms with Gasteiger partial charge in [-0.3, -0.25) is 0 Å². The standard InChI is InChI=1S/C17H29N3/c1-5-18-14(3)16-7-6-12-19-17(16)20(4)15-10-8-13(2)9-11-15/h6-7,12-15,18H,5,8-11H2,1-4H3. The molecular weight excluding hydrogens is 246 g/mol. The molecule has 0 spiro atoms. The highest BCUT2D eigenvalue weighted by Crippen LogP contribution is 2.31. The number of hydrogen-bond donors (Lipinski definition) is 1. The van der Waals surface area contributed by atoms with E-state index in [2.05, 4.69) is 49.1 Å². The molecule has 1 aromatic rings. The van der Waals surface area contributed by atoms with Gasteiger partial charge in [-0.1, -0.05) is 19.9 Å². The lowest BCUT2D eigenvalue weighted by atomic mass is 9.86. The minimum atomic E-state index is 0.355. The van der Waals surface area contributed by atoms with Gasteiger partial charge in [-0.15, -0.1) is 0 Å². The summed E-state index contributed by atoms with van der Waals surface area (Å²) in [5.41, 5.74) is 1.32. The summed E-state index contributed by atoms with van der Waals surface area (Å²) in [7, 11) is 2.21. The molecular formula is C17H29N3. The number of aromatic nitrogens is 1. The average molecular weight is 275 g/mol. The van der Waals surface area contributed by atoms with Crippen molar-refractivity contribution in [2.24, 2.45) is 5.92 Å². The van der Waals surface area contributed by atoms with Gasteiger partial charge >= 0.3 is 0 Å². The van der Waals surface area contributed by atoms with Crippen LogP contribution in [0.5, 0.6) is 0 Å². The Kier molecular flexibility index (Phi) is 5.41. The van der Waals surface area contributed by atoms with Gasteiger partial charge in [0.2, 0.25) is 0 Å². The Labute approximate surface area is 123 Å². The minimum absolute atomic E-state index is 0.355. The quantitative estimate of drug-likeness (QED) is 0.886. The average Bonchev–Trinajstić information content (AvgIpc) is 2.47. The summed E-state index contributed by atoms with van der Waals surface area (Å²) < 4.78 is 0. The van der Waals surface area contributed by atoms with E-state index in [1.165, 1.54) is 31.2 Å². The van der Waals surface area contributed by atoms with Crippen LogP contribution in [0.4, 0.5) is 5.82 Å². The first kappa shape index (κ1) is 15.3. The maximum atomic E-state index is 4.66. The van der Waals surface area contributed by atoms with Crippen LogP contribution in [0.25, 0.3) is 0 Å². The Morgan fingerprint density at radius 2 is 2.05 bits per heavy atom. The number of rotatable bonds is 5. The zero-order valence-electron chi connectivity index (χ0n) is 13.4. The molecule has 0 aliphatic heterocycles. The van der Waals surface area contributed by atoms with Gasteiger partial charge in [-0.2, -0.15) is 0 Å². The van der Waals surface area contributed by atoms with Crippen LogP contribution in [0.15, 0.2) is 18.3 Å². The SMILES string of the molecule is CCNC(C)c1cccnc1N(C)C1CCC(C)CC1. The molecule has 1 aromatic heterocycles. The van der Waals surface area contributed by atoms with Crippen LogP contribution in [0.2, 0.25) is 0 Å². The predicted octanol–water partition coefficient (Wildman–Crippen LogP) is 3.77. The van der Waals surface area contributed by atoms with Crippen molar-refractivity contribution in [3.8, 4) is 0 Å². The minimum Gasteiger partial charge on any atom is -0.356 e. The molecule has 1 unspecified atom stereocenters. The topological polar surface area (TPSA) is 28.2 Å². The Morgan fingerprint density at radius 1 is 1.35 bits per heavy atom. The highest BCUT2D eigenvalue weighted by Gasteiger charge is 2.24. The molecule has 0 bridgehead atoms. The van der Waals surface area contributed by atoms with Crippen molar-refractivity contribution >= 4 is 5.82 Å². The molecule has 1 aliphatic carbocycles. The van der Waals surface area contributed by atoms with E-state index in [0.29, 0.717) is 12.1 Å². The first-order chi connectivity index (χ1) is 9.63. The lowest BCUT2D eigenvalue weighted by Gasteiger charge is -2.35. The van der Waals surface area contributed by atoms with Crippen LogP contribution in [-0.2, 0) is 0 Å². The van der Waals surface area contributed by atoms with Crippen LogP contribution < -0.4 is 10.2 Å². The molecule has 1 aliphatic rings. The monoisotopic (exact) mass is 275 g/mol. The van der Waals surface area contributed by atoms with E-state index in [1.807, 2.05) is 12.3 Å². The number of pyridine rings is 1. The van der Waals surface area contributed by atoms with Gasteiger partial charge < -0.3 is 10.2 Å². The summed E-state index contributed by atoms with van der Waals surface area (Å²) >= 11 is 0. The molecule has 1 N–H and O–H groups in total. The molecule has 1 fully saturated rings. The molecule has 20 heavy (non-hydrogen) atoms. The van der Waals surface area contributed by atoms with Crippen molar-refractivity contribution in [1.29, 1.82) is 0 Å². The highest BCUT2D eigenvalue weighted by atomic mass is 15.2. The van der Waals surface area contributed by atoms with Crippen LogP contribution in [0.1, 0.15) is 58.1 Å². The third kappa shape index (κ3) is 3.51. The van der Waals surface area contributed by atoms with E-state index < -0.39 is 0 Å². The van der Waals surface area contributed by atoms with E-state index in [9.17, 15) is 0 Å². The molecule has 0 amide bonds. The second-order valence-electron chi connectivity index (χ2n) is 6.22. The molecule has 1 saturated carbocycles. The highest BCUT2D eigenvalue weighted by molar-refractivity contribution is 5.48. The zero-order valence-corrected chi connectivity index (χ0v) is 13.4. The first-order valence-electron chi connectivity index (χ1n) is 8.04. The zero-order chi connectivity index (χ0) is 14.5. The maximum Gasteiger partial charge on any atom is 0.133 e. The largest absolute Gasteiger partial charge is 0.356 e. The van der Waals surface area contributed by atoms with E-state index in [4.69, 9.17) is 0 Å². The van der Waals surface area contributed by atoms with Gasteiger partial charge in [0.15, 0.2) is 0 Å². The normalized spacial score (nSPS) is 24.4. The molecule has 0 aromatic carbocycles. The van der Waals surface area contributed by atoms with Crippen LogP contribution in [0, 0.1) is 5.92 Å². The van der Waals surface area contributed by atoms with Crippen LogP contribution in [0.3, 0.4) is 0 Å². The van der Waals surface area contributed by atoms with Gasteiger partial charge in [0.25, 0.3) is 0 Å². The summed E-state index contributed by atoms with van der Waals surface area (Å²) in [6, 6.07) is 5.25. The van der Waals surface area contributed by atoms with E-state index in [1.54, 1.807) is 0 Å². The third-order valence-electron chi connectivity index (χ3n) is 4.66. The molecule has 1 atom stereocenters. The van der Waals surface area contributed by atoms with Crippen molar-refractivity contribution in [2.75, 3.05) is 18.5 Å². The molecule has 112 valence electrons. The summed E-state index contributed by atoms with van der Waals surface area (Å²) in [6.45, 7) is 7.73. The molecule has 2 rings (SSSR count). The van der Waals surface area contributed by atoms with Gasteiger partial charge in [0, 0.05) is 30.9 Å². The number of hydrogen-bond acceptors (Lipinski definition) is 3. The number of nitrogens with zero attached hydrogens (tertiary/aromatic N) is 2. The van der Waals surface area contributed by atoms with Crippen molar-refractivity contribution in [3.05, 3.63) is 23.9 Å². The molecule has 3 nitrogen and oxygen atoms in total. The van der Waals surface area contributed by atoms with Crippen LogP contribution in [-0.4, -0.2) is 24.6 Å². The Morgan fingerprint density at radius 3 is 2.70 bits per heavy atom. The number of nitrogens with one attached hydrogen (secondary N) is 1. The fourth-order valence-corrected chi connectivity index (χ4v) is 3.26. The summed E-state index contributed by atoms with van der Waals surface area (Å²) in [6.07, 6.45) is 7.20. The lowest BCUT2D eigenvalue weighted by Crippen LogP contribution is -2.36. The second-order valence-corrected chi connectivity index (χ2v) is 6.22. The molecule has 0 radical (unpaired) electrons. The smallest absolute Gasteiger partial charge is 0.133 e. The molecule has 0 saturated heterocycles. The molecule has 1 heterocycles. The summed E-state index contributed by atoms with van der Waals surface area (Å²) in [5.74, 6) is 2.05.